The molecule has 152 valence electrons. The predicted molar refractivity (Wildman–Crippen MR) is 113 cm³/mol. The van der Waals surface area contributed by atoms with Crippen LogP contribution in [-0.4, -0.2) is 48.6 Å². The van der Waals surface area contributed by atoms with Gasteiger partial charge in [-0.25, -0.2) is 4.98 Å². The van der Waals surface area contributed by atoms with Gasteiger partial charge in [-0.3, -0.25) is 9.69 Å². The molecule has 1 amide bonds. The van der Waals surface area contributed by atoms with Crippen molar-refractivity contribution in [2.75, 3.05) is 32.8 Å². The Hall–Kier alpha value is -2.48. The lowest BCUT2D eigenvalue weighted by molar-refractivity contribution is -0.120. The quantitative estimate of drug-likeness (QED) is 0.645. The molecular weight excluding hydrogens is 386 g/mol. The Labute approximate surface area is 174 Å². The van der Waals surface area contributed by atoms with Gasteiger partial charge in [0, 0.05) is 25.0 Å². The zero-order valence-corrected chi connectivity index (χ0v) is 17.3. The van der Waals surface area contributed by atoms with Crippen LogP contribution in [0.2, 0.25) is 0 Å². The number of amides is 1. The number of aryl methyl sites for hydroxylation is 1. The Morgan fingerprint density at radius 1 is 1.28 bits per heavy atom. The van der Waals surface area contributed by atoms with Crippen molar-refractivity contribution < 1.29 is 13.9 Å². The van der Waals surface area contributed by atoms with E-state index >= 15 is 0 Å². The first-order chi connectivity index (χ1) is 14.2. The van der Waals surface area contributed by atoms with Crippen LogP contribution in [0.15, 0.2) is 52.5 Å². The molecule has 0 spiro atoms. The lowest BCUT2D eigenvalue weighted by Gasteiger charge is -2.35. The Bertz CT molecular complexity index is 932. The molecule has 1 atom stereocenters. The van der Waals surface area contributed by atoms with E-state index < -0.39 is 0 Å². The molecular formula is C22H25N3O3S. The zero-order valence-electron chi connectivity index (χ0n) is 16.5. The van der Waals surface area contributed by atoms with E-state index in [9.17, 15) is 4.79 Å². The Balaban J connectivity index is 1.39. The van der Waals surface area contributed by atoms with E-state index in [1.54, 1.807) is 6.26 Å². The van der Waals surface area contributed by atoms with Gasteiger partial charge in [0.25, 0.3) is 0 Å². The van der Waals surface area contributed by atoms with Crippen LogP contribution in [-0.2, 0) is 16.0 Å². The van der Waals surface area contributed by atoms with Gasteiger partial charge in [-0.2, -0.15) is 0 Å². The third-order valence-corrected chi connectivity index (χ3v) is 5.94. The van der Waals surface area contributed by atoms with E-state index in [0.717, 1.165) is 42.8 Å². The molecule has 4 rings (SSSR count). The molecule has 0 bridgehead atoms. The molecule has 1 saturated heterocycles. The maximum absolute atomic E-state index is 12.6. The summed E-state index contributed by atoms with van der Waals surface area (Å²) in [6.07, 6.45) is 1.89. The van der Waals surface area contributed by atoms with Crippen molar-refractivity contribution in [1.29, 1.82) is 0 Å². The molecule has 6 nitrogen and oxygen atoms in total. The number of thiazole rings is 1. The van der Waals surface area contributed by atoms with E-state index in [1.165, 1.54) is 22.5 Å². The molecule has 1 aliphatic heterocycles. The fourth-order valence-corrected chi connectivity index (χ4v) is 4.35. The van der Waals surface area contributed by atoms with Crippen LogP contribution in [0.3, 0.4) is 0 Å². The third kappa shape index (κ3) is 5.12. The van der Waals surface area contributed by atoms with Gasteiger partial charge in [0.05, 0.1) is 37.6 Å². The van der Waals surface area contributed by atoms with Gasteiger partial charge < -0.3 is 14.5 Å². The molecule has 1 fully saturated rings. The molecule has 1 unspecified atom stereocenters. The molecule has 1 aliphatic rings. The SMILES string of the molecule is Cc1cccc(C(CNC(=O)Cc2csc(-c3ccco3)n2)N2CCOCC2)c1. The number of aromatic nitrogens is 1. The van der Waals surface area contributed by atoms with Crippen LogP contribution >= 0.6 is 11.3 Å². The largest absolute Gasteiger partial charge is 0.462 e. The molecule has 0 aliphatic carbocycles. The maximum Gasteiger partial charge on any atom is 0.226 e. The number of furan rings is 1. The molecule has 3 heterocycles. The fraction of sp³-hybridized carbons (Fsp3) is 0.364. The minimum Gasteiger partial charge on any atom is -0.462 e. The normalized spacial score (nSPS) is 15.9. The predicted octanol–water partition coefficient (Wildman–Crippen LogP) is 3.44. The monoisotopic (exact) mass is 411 g/mol. The molecule has 3 aromatic rings. The van der Waals surface area contributed by atoms with Crippen LogP contribution in [0.1, 0.15) is 22.9 Å². The summed E-state index contributed by atoms with van der Waals surface area (Å²) in [6.45, 7) is 5.85. The first-order valence-corrected chi connectivity index (χ1v) is 10.7. The van der Waals surface area contributed by atoms with Crippen molar-refractivity contribution in [2.24, 2.45) is 0 Å². The molecule has 1 N–H and O–H groups in total. The number of rotatable bonds is 7. The Kier molecular flexibility index (Phi) is 6.39. The van der Waals surface area contributed by atoms with Crippen molar-refractivity contribution in [2.45, 2.75) is 19.4 Å². The van der Waals surface area contributed by atoms with Gasteiger partial charge in [0.1, 0.15) is 0 Å². The smallest absolute Gasteiger partial charge is 0.226 e. The second kappa shape index (κ2) is 9.35. The van der Waals surface area contributed by atoms with Gasteiger partial charge in [0.2, 0.25) is 5.91 Å². The van der Waals surface area contributed by atoms with Crippen molar-refractivity contribution in [1.82, 2.24) is 15.2 Å². The number of carbonyl (C=O) groups is 1. The summed E-state index contributed by atoms with van der Waals surface area (Å²) < 4.78 is 10.9. The van der Waals surface area contributed by atoms with E-state index in [1.807, 2.05) is 17.5 Å². The standard InChI is InChI=1S/C22H25N3O3S/c1-16-4-2-5-17(12-16)19(25-7-10-27-11-8-25)14-23-21(26)13-18-15-29-22(24-18)20-6-3-9-28-20/h2-6,9,12,15,19H,7-8,10-11,13-14H2,1H3,(H,23,26). The average molecular weight is 412 g/mol. The number of ether oxygens (including phenoxy) is 1. The highest BCUT2D eigenvalue weighted by Crippen LogP contribution is 2.25. The topological polar surface area (TPSA) is 67.6 Å². The minimum absolute atomic E-state index is 0.0211. The Morgan fingerprint density at radius 3 is 2.90 bits per heavy atom. The van der Waals surface area contributed by atoms with E-state index in [4.69, 9.17) is 9.15 Å². The summed E-state index contributed by atoms with van der Waals surface area (Å²) in [7, 11) is 0. The van der Waals surface area contributed by atoms with E-state index in [0.29, 0.717) is 6.54 Å². The third-order valence-electron chi connectivity index (χ3n) is 5.03. The first-order valence-electron chi connectivity index (χ1n) is 9.82. The molecule has 0 radical (unpaired) electrons. The van der Waals surface area contributed by atoms with Gasteiger partial charge in [-0.1, -0.05) is 29.8 Å². The lowest BCUT2D eigenvalue weighted by Crippen LogP contribution is -2.44. The van der Waals surface area contributed by atoms with Crippen molar-refractivity contribution in [3.05, 3.63) is 64.9 Å². The van der Waals surface area contributed by atoms with Crippen molar-refractivity contribution in [3.63, 3.8) is 0 Å². The summed E-state index contributed by atoms with van der Waals surface area (Å²) in [5, 5.41) is 5.82. The molecule has 7 heteroatoms. The number of hydrogen-bond donors (Lipinski definition) is 1. The highest BCUT2D eigenvalue weighted by Gasteiger charge is 2.23. The molecule has 2 aromatic heterocycles. The molecule has 1 aromatic carbocycles. The average Bonchev–Trinajstić information content (AvgIpc) is 3.41. The van der Waals surface area contributed by atoms with E-state index in [-0.39, 0.29) is 18.4 Å². The van der Waals surface area contributed by atoms with Crippen molar-refractivity contribution >= 4 is 17.2 Å². The summed E-state index contributed by atoms with van der Waals surface area (Å²) in [6, 6.07) is 12.3. The van der Waals surface area contributed by atoms with E-state index in [2.05, 4.69) is 46.4 Å². The number of nitrogens with one attached hydrogen (secondary N) is 1. The van der Waals surface area contributed by atoms with Crippen LogP contribution in [0.5, 0.6) is 0 Å². The number of nitrogens with zero attached hydrogens (tertiary/aromatic N) is 2. The highest BCUT2D eigenvalue weighted by molar-refractivity contribution is 7.13. The summed E-state index contributed by atoms with van der Waals surface area (Å²) in [5.41, 5.74) is 3.21. The number of benzene rings is 1. The van der Waals surface area contributed by atoms with Crippen LogP contribution in [0, 0.1) is 6.92 Å². The second-order valence-corrected chi connectivity index (χ2v) is 8.04. The minimum atomic E-state index is -0.0211. The summed E-state index contributed by atoms with van der Waals surface area (Å²) >= 11 is 1.49. The Morgan fingerprint density at radius 2 is 2.14 bits per heavy atom. The lowest BCUT2D eigenvalue weighted by atomic mass is 10.0. The van der Waals surface area contributed by atoms with Gasteiger partial charge in [0.15, 0.2) is 10.8 Å². The van der Waals surface area contributed by atoms with Gasteiger partial charge in [-0.15, -0.1) is 11.3 Å². The van der Waals surface area contributed by atoms with Crippen LogP contribution in [0.25, 0.3) is 10.8 Å². The van der Waals surface area contributed by atoms with Gasteiger partial charge >= 0.3 is 0 Å². The summed E-state index contributed by atoms with van der Waals surface area (Å²) in [4.78, 5) is 19.5. The summed E-state index contributed by atoms with van der Waals surface area (Å²) in [5.74, 6) is 0.709. The number of carbonyl (C=O) groups excluding carboxylic acids is 1. The van der Waals surface area contributed by atoms with Crippen molar-refractivity contribution in [3.8, 4) is 10.8 Å². The number of morpholine rings is 1. The maximum atomic E-state index is 12.6. The second-order valence-electron chi connectivity index (χ2n) is 7.18. The van der Waals surface area contributed by atoms with Crippen LogP contribution < -0.4 is 5.32 Å². The molecule has 29 heavy (non-hydrogen) atoms. The number of hydrogen-bond acceptors (Lipinski definition) is 6. The highest BCUT2D eigenvalue weighted by atomic mass is 32.1. The zero-order chi connectivity index (χ0) is 20.1. The molecule has 0 saturated carbocycles. The fourth-order valence-electron chi connectivity index (χ4n) is 3.56. The van der Waals surface area contributed by atoms with Gasteiger partial charge in [-0.05, 0) is 24.6 Å². The first kappa shape index (κ1) is 19.8. The van der Waals surface area contributed by atoms with Crippen LogP contribution in [0.4, 0.5) is 0 Å².